The Hall–Kier alpha value is -3.99. The van der Waals surface area contributed by atoms with Crippen molar-refractivity contribution in [3.63, 3.8) is 0 Å². The van der Waals surface area contributed by atoms with Gasteiger partial charge in [-0.15, -0.1) is 0 Å². The highest BCUT2D eigenvalue weighted by Crippen LogP contribution is 2.30. The number of carbonyl (C=O) groups excluding carboxylic acids is 1. The molecule has 0 bridgehead atoms. The predicted octanol–water partition coefficient (Wildman–Crippen LogP) is 4.25. The minimum absolute atomic E-state index is 0.267. The summed E-state index contributed by atoms with van der Waals surface area (Å²) in [7, 11) is 5.80. The maximum atomic E-state index is 13.5. The number of imidazole rings is 1. The second-order valence-corrected chi connectivity index (χ2v) is 12.1. The molecule has 43 heavy (non-hydrogen) atoms. The lowest BCUT2D eigenvalue weighted by Gasteiger charge is -2.34. The van der Waals surface area contributed by atoms with Crippen LogP contribution in [0.15, 0.2) is 60.8 Å². The summed E-state index contributed by atoms with van der Waals surface area (Å²) < 4.78 is 7.39. The third-order valence-electron chi connectivity index (χ3n) is 7.76. The summed E-state index contributed by atoms with van der Waals surface area (Å²) in [4.78, 5) is 27.3. The van der Waals surface area contributed by atoms with Crippen LogP contribution in [0.25, 0.3) is 22.3 Å². The van der Waals surface area contributed by atoms with Gasteiger partial charge in [0.25, 0.3) is 5.91 Å². The van der Waals surface area contributed by atoms with Crippen molar-refractivity contribution in [1.82, 2.24) is 24.8 Å². The number of hydrogen-bond donors (Lipinski definition) is 3. The lowest BCUT2D eigenvalue weighted by molar-refractivity contribution is 0.0630. The van der Waals surface area contributed by atoms with E-state index < -0.39 is 5.60 Å². The molecule has 0 unspecified atom stereocenters. The first kappa shape index (κ1) is 30.5. The number of carbonyl (C=O) groups is 1. The molecule has 1 fully saturated rings. The predicted molar refractivity (Wildman–Crippen MR) is 172 cm³/mol. The Bertz CT molecular complexity index is 1550. The van der Waals surface area contributed by atoms with Crippen LogP contribution in [0.1, 0.15) is 37.0 Å². The van der Waals surface area contributed by atoms with Gasteiger partial charge in [0.05, 0.1) is 36.0 Å². The number of fused-ring (bicyclic) bond motifs is 1. The Morgan fingerprint density at radius 3 is 2.60 bits per heavy atom. The monoisotopic (exact) mass is 585 g/mol. The Kier molecular flexibility index (Phi) is 9.29. The summed E-state index contributed by atoms with van der Waals surface area (Å²) in [6.07, 6.45) is 3.78. The standard InChI is InChI=1S/C33H43N7O3/c1-33(2,42)22-40-29-21-25(39-17-13-24(14-18-39)34-16-19-38(3)4)10-11-27(29)36-32(40)37-31(41)23-12-15-35-28(20-23)26-8-6-7-9-30(26)43-5/h6-12,15,20-21,24,34,42H,13-14,16-19,22H2,1-5H3,(H,36,37,41). The lowest BCUT2D eigenvalue weighted by Crippen LogP contribution is -2.44. The average molecular weight is 586 g/mol. The highest BCUT2D eigenvalue weighted by Gasteiger charge is 2.24. The maximum Gasteiger partial charge on any atom is 0.258 e. The first-order chi connectivity index (χ1) is 20.6. The molecular weight excluding hydrogens is 542 g/mol. The van der Waals surface area contributed by atoms with E-state index in [1.807, 2.05) is 34.9 Å². The second-order valence-electron chi connectivity index (χ2n) is 12.1. The largest absolute Gasteiger partial charge is 0.496 e. The highest BCUT2D eigenvalue weighted by molar-refractivity contribution is 6.04. The number of amides is 1. The lowest BCUT2D eigenvalue weighted by atomic mass is 10.0. The number of benzene rings is 2. The van der Waals surface area contributed by atoms with Gasteiger partial charge in [-0.05, 0) is 83.2 Å². The minimum atomic E-state index is -1.02. The number of aromatic nitrogens is 3. The number of anilines is 2. The number of hydrogen-bond acceptors (Lipinski definition) is 8. The average Bonchev–Trinajstić information content (AvgIpc) is 3.31. The normalized spacial score (nSPS) is 14.4. The second kappa shape index (κ2) is 13.1. The molecule has 228 valence electrons. The van der Waals surface area contributed by atoms with E-state index in [-0.39, 0.29) is 12.5 Å². The van der Waals surface area contributed by atoms with Gasteiger partial charge in [0.2, 0.25) is 5.95 Å². The van der Waals surface area contributed by atoms with E-state index in [0.717, 1.165) is 61.3 Å². The van der Waals surface area contributed by atoms with Gasteiger partial charge in [-0.2, -0.15) is 0 Å². The zero-order chi connectivity index (χ0) is 30.6. The zero-order valence-electron chi connectivity index (χ0n) is 25.8. The van der Waals surface area contributed by atoms with Gasteiger partial charge >= 0.3 is 0 Å². The van der Waals surface area contributed by atoms with Crippen LogP contribution in [0.5, 0.6) is 5.75 Å². The molecule has 2 aromatic heterocycles. The Morgan fingerprint density at radius 1 is 1.12 bits per heavy atom. The summed E-state index contributed by atoms with van der Waals surface area (Å²) in [5.74, 6) is 0.758. The molecule has 2 aromatic carbocycles. The van der Waals surface area contributed by atoms with Crippen molar-refractivity contribution >= 4 is 28.6 Å². The Balaban J connectivity index is 1.37. The Labute approximate surface area is 253 Å². The quantitative estimate of drug-likeness (QED) is 0.240. The molecule has 4 aromatic rings. The molecule has 0 aliphatic carbocycles. The number of para-hydroxylation sites is 1. The molecule has 0 radical (unpaired) electrons. The number of piperidine rings is 1. The van der Waals surface area contributed by atoms with Crippen LogP contribution in [-0.2, 0) is 6.54 Å². The number of aliphatic hydroxyl groups is 1. The molecule has 0 spiro atoms. The fourth-order valence-corrected chi connectivity index (χ4v) is 5.53. The molecule has 3 N–H and O–H groups in total. The molecule has 1 saturated heterocycles. The molecule has 0 saturated carbocycles. The smallest absolute Gasteiger partial charge is 0.258 e. The van der Waals surface area contributed by atoms with Gasteiger partial charge in [-0.3, -0.25) is 15.1 Å². The van der Waals surface area contributed by atoms with Gasteiger partial charge in [0, 0.05) is 55.2 Å². The van der Waals surface area contributed by atoms with Gasteiger partial charge in [0.15, 0.2) is 0 Å². The van der Waals surface area contributed by atoms with Crippen molar-refractivity contribution in [2.45, 2.75) is 44.9 Å². The van der Waals surface area contributed by atoms with Crippen LogP contribution in [-0.4, -0.2) is 89.5 Å². The van der Waals surface area contributed by atoms with Crippen LogP contribution in [0.3, 0.4) is 0 Å². The number of nitrogens with zero attached hydrogens (tertiary/aromatic N) is 5. The van der Waals surface area contributed by atoms with E-state index in [0.29, 0.717) is 29.0 Å². The van der Waals surface area contributed by atoms with E-state index in [1.165, 1.54) is 0 Å². The zero-order valence-corrected chi connectivity index (χ0v) is 25.8. The summed E-state index contributed by atoms with van der Waals surface area (Å²) in [5, 5.41) is 17.5. The van der Waals surface area contributed by atoms with Gasteiger partial charge in [-0.1, -0.05) is 12.1 Å². The highest BCUT2D eigenvalue weighted by atomic mass is 16.5. The molecular formula is C33H43N7O3. The van der Waals surface area contributed by atoms with E-state index >= 15 is 0 Å². The van der Waals surface area contributed by atoms with Gasteiger partial charge in [0.1, 0.15) is 5.75 Å². The van der Waals surface area contributed by atoms with Crippen LogP contribution >= 0.6 is 0 Å². The molecule has 1 aliphatic heterocycles. The molecule has 5 rings (SSSR count). The number of likely N-dealkylation sites (N-methyl/N-ethyl adjacent to an activating group) is 1. The first-order valence-corrected chi connectivity index (χ1v) is 14.9. The Morgan fingerprint density at radius 2 is 1.88 bits per heavy atom. The maximum absolute atomic E-state index is 13.5. The molecule has 10 heteroatoms. The van der Waals surface area contributed by atoms with Crippen molar-refractivity contribution in [2.24, 2.45) is 0 Å². The van der Waals surface area contributed by atoms with Crippen LogP contribution in [0, 0.1) is 0 Å². The summed E-state index contributed by atoms with van der Waals surface area (Å²) in [6, 6.07) is 17.7. The summed E-state index contributed by atoms with van der Waals surface area (Å²) in [5.41, 5.74) is 3.60. The SMILES string of the molecule is COc1ccccc1-c1cc(C(=O)Nc2nc3ccc(N4CCC(NCCN(C)C)CC4)cc3n2CC(C)(C)O)ccn1. The molecule has 1 aliphatic rings. The van der Waals surface area contributed by atoms with E-state index in [1.54, 1.807) is 39.3 Å². The molecule has 1 amide bonds. The number of nitrogens with one attached hydrogen (secondary N) is 2. The van der Waals surface area contributed by atoms with Crippen molar-refractivity contribution in [3.8, 4) is 17.0 Å². The van der Waals surface area contributed by atoms with Crippen LogP contribution in [0.2, 0.25) is 0 Å². The summed E-state index contributed by atoms with van der Waals surface area (Å²) in [6.45, 7) is 7.73. The van der Waals surface area contributed by atoms with Crippen molar-refractivity contribution in [2.75, 3.05) is 57.6 Å². The van der Waals surface area contributed by atoms with Crippen molar-refractivity contribution < 1.29 is 14.6 Å². The number of pyridine rings is 1. The molecule has 3 heterocycles. The van der Waals surface area contributed by atoms with Crippen LogP contribution < -0.4 is 20.3 Å². The first-order valence-electron chi connectivity index (χ1n) is 14.9. The number of ether oxygens (including phenoxy) is 1. The fourth-order valence-electron chi connectivity index (χ4n) is 5.53. The summed E-state index contributed by atoms with van der Waals surface area (Å²) >= 11 is 0. The van der Waals surface area contributed by atoms with E-state index in [9.17, 15) is 9.90 Å². The third kappa shape index (κ3) is 7.51. The number of rotatable bonds is 11. The van der Waals surface area contributed by atoms with Crippen molar-refractivity contribution in [1.29, 1.82) is 0 Å². The topological polar surface area (TPSA) is 108 Å². The molecule has 0 atom stereocenters. The number of methoxy groups -OCH3 is 1. The van der Waals surface area contributed by atoms with Crippen molar-refractivity contribution in [3.05, 3.63) is 66.4 Å². The van der Waals surface area contributed by atoms with Gasteiger partial charge < -0.3 is 29.5 Å². The van der Waals surface area contributed by atoms with Crippen LogP contribution in [0.4, 0.5) is 11.6 Å². The fraction of sp³-hybridized carbons (Fsp3) is 0.424. The third-order valence-corrected chi connectivity index (χ3v) is 7.76. The van der Waals surface area contributed by atoms with E-state index in [4.69, 9.17) is 9.72 Å². The minimum Gasteiger partial charge on any atom is -0.496 e. The molecule has 10 nitrogen and oxygen atoms in total. The van der Waals surface area contributed by atoms with E-state index in [2.05, 4.69) is 51.6 Å². The van der Waals surface area contributed by atoms with Gasteiger partial charge in [-0.25, -0.2) is 4.98 Å².